The van der Waals surface area contributed by atoms with E-state index in [0.29, 0.717) is 12.1 Å². The molecular weight excluding hydrogens is 364 g/mol. The van der Waals surface area contributed by atoms with Crippen LogP contribution in [-0.4, -0.2) is 47.0 Å². The highest BCUT2D eigenvalue weighted by atomic mass is 35.5. The van der Waals surface area contributed by atoms with Crippen molar-refractivity contribution in [1.82, 2.24) is 20.2 Å². The van der Waals surface area contributed by atoms with Crippen molar-refractivity contribution in [1.29, 1.82) is 0 Å². The fourth-order valence-corrected chi connectivity index (χ4v) is 3.41. The van der Waals surface area contributed by atoms with Crippen molar-refractivity contribution in [2.75, 3.05) is 31.5 Å². The highest BCUT2D eigenvalue weighted by Gasteiger charge is 2.17. The first-order valence-electron chi connectivity index (χ1n) is 9.13. The topological polar surface area (TPSA) is 96.2 Å². The quantitative estimate of drug-likeness (QED) is 0.702. The van der Waals surface area contributed by atoms with Gasteiger partial charge in [-0.1, -0.05) is 30.7 Å². The van der Waals surface area contributed by atoms with E-state index in [2.05, 4.69) is 37.6 Å². The number of rotatable bonds is 6. The molecule has 0 atom stereocenters. The number of amides is 1. The fourth-order valence-electron chi connectivity index (χ4n) is 3.15. The SMILES string of the molecule is CCc1nc(C(N)=O)c(Nc2ccc(CN3CCNCC3)cc2C)nc1Cl. The van der Waals surface area contributed by atoms with Gasteiger partial charge in [0.25, 0.3) is 5.91 Å². The van der Waals surface area contributed by atoms with Gasteiger partial charge in [-0.3, -0.25) is 9.69 Å². The molecule has 27 heavy (non-hydrogen) atoms. The predicted molar refractivity (Wildman–Crippen MR) is 108 cm³/mol. The third-order valence-electron chi connectivity index (χ3n) is 4.65. The Kier molecular flexibility index (Phi) is 6.26. The van der Waals surface area contributed by atoms with Crippen molar-refractivity contribution in [3.63, 3.8) is 0 Å². The normalized spacial score (nSPS) is 14.9. The third kappa shape index (κ3) is 4.74. The van der Waals surface area contributed by atoms with Gasteiger partial charge in [-0.25, -0.2) is 9.97 Å². The maximum absolute atomic E-state index is 11.8. The smallest absolute Gasteiger partial charge is 0.271 e. The van der Waals surface area contributed by atoms with Gasteiger partial charge in [0, 0.05) is 38.4 Å². The monoisotopic (exact) mass is 388 g/mol. The van der Waals surface area contributed by atoms with E-state index in [0.717, 1.165) is 44.0 Å². The Balaban J connectivity index is 1.81. The van der Waals surface area contributed by atoms with Crippen LogP contribution in [0.4, 0.5) is 11.5 Å². The van der Waals surface area contributed by atoms with Crippen molar-refractivity contribution in [3.8, 4) is 0 Å². The number of benzene rings is 1. The molecule has 0 radical (unpaired) electrons. The van der Waals surface area contributed by atoms with Crippen LogP contribution in [0.3, 0.4) is 0 Å². The fraction of sp³-hybridized carbons (Fsp3) is 0.421. The molecule has 0 unspecified atom stereocenters. The van der Waals surface area contributed by atoms with Crippen LogP contribution in [0, 0.1) is 6.92 Å². The van der Waals surface area contributed by atoms with Gasteiger partial charge in [0.15, 0.2) is 16.7 Å². The van der Waals surface area contributed by atoms with Gasteiger partial charge < -0.3 is 16.4 Å². The maximum atomic E-state index is 11.8. The minimum Gasteiger partial charge on any atom is -0.364 e. The van der Waals surface area contributed by atoms with Crippen LogP contribution < -0.4 is 16.4 Å². The number of anilines is 2. The Labute approximate surface area is 164 Å². The van der Waals surface area contributed by atoms with E-state index in [1.165, 1.54) is 5.56 Å². The Morgan fingerprint density at radius 1 is 1.33 bits per heavy atom. The molecule has 1 aliphatic heterocycles. The second kappa shape index (κ2) is 8.65. The first-order valence-corrected chi connectivity index (χ1v) is 9.51. The molecule has 7 nitrogen and oxygen atoms in total. The minimum atomic E-state index is -0.635. The Hall–Kier alpha value is -2.22. The molecule has 0 bridgehead atoms. The number of hydrogen-bond donors (Lipinski definition) is 3. The predicted octanol–water partition coefficient (Wildman–Crippen LogP) is 2.25. The molecule has 0 aliphatic carbocycles. The Morgan fingerprint density at radius 2 is 2.07 bits per heavy atom. The van der Waals surface area contributed by atoms with Gasteiger partial charge in [-0.05, 0) is 30.5 Å². The molecule has 0 saturated carbocycles. The van der Waals surface area contributed by atoms with Gasteiger partial charge in [0.05, 0.1) is 5.69 Å². The summed E-state index contributed by atoms with van der Waals surface area (Å²) in [6.45, 7) is 9.01. The van der Waals surface area contributed by atoms with E-state index in [9.17, 15) is 4.79 Å². The summed E-state index contributed by atoms with van der Waals surface area (Å²) in [6, 6.07) is 6.21. The van der Waals surface area contributed by atoms with Crippen LogP contribution in [0.2, 0.25) is 5.15 Å². The summed E-state index contributed by atoms with van der Waals surface area (Å²) < 4.78 is 0. The Bertz CT molecular complexity index is 835. The number of primary amides is 1. The summed E-state index contributed by atoms with van der Waals surface area (Å²) in [7, 11) is 0. The number of aromatic nitrogens is 2. The molecule has 8 heteroatoms. The molecule has 4 N–H and O–H groups in total. The second-order valence-corrected chi connectivity index (χ2v) is 7.03. The summed E-state index contributed by atoms with van der Waals surface area (Å²) in [5.41, 5.74) is 9.27. The largest absolute Gasteiger partial charge is 0.364 e. The van der Waals surface area contributed by atoms with Crippen LogP contribution in [0.25, 0.3) is 0 Å². The number of nitrogens with zero attached hydrogens (tertiary/aromatic N) is 3. The lowest BCUT2D eigenvalue weighted by molar-refractivity contribution is 0.0996. The van der Waals surface area contributed by atoms with Crippen LogP contribution in [-0.2, 0) is 13.0 Å². The average molecular weight is 389 g/mol. The van der Waals surface area contributed by atoms with Crippen LogP contribution in [0.5, 0.6) is 0 Å². The van der Waals surface area contributed by atoms with E-state index in [1.54, 1.807) is 0 Å². The highest BCUT2D eigenvalue weighted by Crippen LogP contribution is 2.25. The molecule has 1 fully saturated rings. The number of halogens is 1. The summed E-state index contributed by atoms with van der Waals surface area (Å²) in [4.78, 5) is 22.8. The van der Waals surface area contributed by atoms with Crippen molar-refractivity contribution in [3.05, 3.63) is 45.9 Å². The first kappa shape index (κ1) is 19.5. The van der Waals surface area contributed by atoms with Crippen LogP contribution >= 0.6 is 11.6 Å². The number of piperazine rings is 1. The van der Waals surface area contributed by atoms with E-state index < -0.39 is 5.91 Å². The zero-order valence-electron chi connectivity index (χ0n) is 15.7. The molecule has 1 aromatic heterocycles. The summed E-state index contributed by atoms with van der Waals surface area (Å²) in [6.07, 6.45) is 0.576. The number of hydrogen-bond acceptors (Lipinski definition) is 6. The third-order valence-corrected chi connectivity index (χ3v) is 4.95. The average Bonchev–Trinajstić information content (AvgIpc) is 2.64. The first-order chi connectivity index (χ1) is 13.0. The number of aryl methyl sites for hydroxylation is 2. The number of nitrogens with two attached hydrogens (primary N) is 1. The van der Waals surface area contributed by atoms with Gasteiger partial charge in [0.1, 0.15) is 0 Å². The summed E-state index contributed by atoms with van der Waals surface area (Å²) in [5, 5.41) is 6.80. The highest BCUT2D eigenvalue weighted by molar-refractivity contribution is 6.30. The lowest BCUT2D eigenvalue weighted by Crippen LogP contribution is -2.42. The van der Waals surface area contributed by atoms with Crippen molar-refractivity contribution < 1.29 is 4.79 Å². The minimum absolute atomic E-state index is 0.0977. The molecule has 1 saturated heterocycles. The number of carbonyl (C=O) groups is 1. The molecule has 144 valence electrons. The molecule has 1 aliphatic rings. The van der Waals surface area contributed by atoms with Crippen LogP contribution in [0.1, 0.15) is 34.2 Å². The maximum Gasteiger partial charge on any atom is 0.271 e. The van der Waals surface area contributed by atoms with Gasteiger partial charge in [0.2, 0.25) is 0 Å². The second-order valence-electron chi connectivity index (χ2n) is 6.68. The lowest BCUT2D eigenvalue weighted by atomic mass is 10.1. The van der Waals surface area contributed by atoms with E-state index >= 15 is 0 Å². The molecular formula is C19H25ClN6O. The molecule has 1 aromatic carbocycles. The van der Waals surface area contributed by atoms with Gasteiger partial charge >= 0.3 is 0 Å². The molecule has 3 rings (SSSR count). The summed E-state index contributed by atoms with van der Waals surface area (Å²) >= 11 is 6.17. The van der Waals surface area contributed by atoms with Crippen molar-refractivity contribution in [2.45, 2.75) is 26.8 Å². The van der Waals surface area contributed by atoms with Crippen molar-refractivity contribution in [2.24, 2.45) is 5.73 Å². The van der Waals surface area contributed by atoms with Crippen LogP contribution in [0.15, 0.2) is 18.2 Å². The molecule has 2 aromatic rings. The summed E-state index contributed by atoms with van der Waals surface area (Å²) in [5.74, 6) is -0.355. The van der Waals surface area contributed by atoms with Gasteiger partial charge in [-0.15, -0.1) is 0 Å². The van der Waals surface area contributed by atoms with E-state index in [4.69, 9.17) is 17.3 Å². The zero-order chi connectivity index (χ0) is 19.4. The number of carbonyl (C=O) groups excluding carboxylic acids is 1. The standard InChI is InChI=1S/C19H25ClN6O/c1-3-14-17(20)25-19(16(23-14)18(21)27)24-15-5-4-13(10-12(15)2)11-26-8-6-22-7-9-26/h4-5,10,22H,3,6-9,11H2,1-2H3,(H2,21,27)(H,24,25). The van der Waals surface area contributed by atoms with Gasteiger partial charge in [-0.2, -0.15) is 0 Å². The lowest BCUT2D eigenvalue weighted by Gasteiger charge is -2.27. The van der Waals surface area contributed by atoms with E-state index in [1.807, 2.05) is 19.9 Å². The molecule has 1 amide bonds. The zero-order valence-corrected chi connectivity index (χ0v) is 16.4. The number of nitrogens with one attached hydrogen (secondary N) is 2. The van der Waals surface area contributed by atoms with Crippen molar-refractivity contribution >= 4 is 29.0 Å². The van der Waals surface area contributed by atoms with E-state index in [-0.39, 0.29) is 16.7 Å². The Morgan fingerprint density at radius 3 is 2.70 bits per heavy atom. The molecule has 0 spiro atoms. The molecule has 2 heterocycles.